The van der Waals surface area contributed by atoms with Gasteiger partial charge in [-0.1, -0.05) is 42.8 Å². The summed E-state index contributed by atoms with van der Waals surface area (Å²) in [6.07, 6.45) is 10.2. The Morgan fingerprint density at radius 3 is 2.84 bits per heavy atom. The molecule has 0 saturated heterocycles. The maximum Gasteiger partial charge on any atom is 0.180 e. The van der Waals surface area contributed by atoms with Crippen LogP contribution in [0.3, 0.4) is 0 Å². The lowest BCUT2D eigenvalue weighted by Crippen LogP contribution is -2.07. The summed E-state index contributed by atoms with van der Waals surface area (Å²) < 4.78 is 0. The van der Waals surface area contributed by atoms with Crippen molar-refractivity contribution in [2.24, 2.45) is 10.5 Å². The first-order chi connectivity index (χ1) is 8.94. The average molecular weight is 259 g/mol. The fourth-order valence-corrected chi connectivity index (χ4v) is 1.85. The molecule has 0 aliphatic heterocycles. The second-order valence-corrected chi connectivity index (χ2v) is 5.57. The largest absolute Gasteiger partial charge is 0.290 e. The number of carbonyl (C=O) groups is 1. The van der Waals surface area contributed by atoms with E-state index in [-0.39, 0.29) is 11.2 Å². The summed E-state index contributed by atoms with van der Waals surface area (Å²) in [5.41, 5.74) is 10.3. The number of azide groups is 1. The first-order valence-electron chi connectivity index (χ1n) is 6.54. The van der Waals surface area contributed by atoms with Crippen LogP contribution in [0.4, 0.5) is 0 Å². The lowest BCUT2D eigenvalue weighted by Gasteiger charge is -2.18. The van der Waals surface area contributed by atoms with Gasteiger partial charge in [0.1, 0.15) is 0 Å². The number of ketones is 1. The molecule has 19 heavy (non-hydrogen) atoms. The van der Waals surface area contributed by atoms with Crippen LogP contribution in [0.5, 0.6) is 0 Å². The van der Waals surface area contributed by atoms with E-state index in [0.717, 1.165) is 30.4 Å². The molecule has 4 heteroatoms. The van der Waals surface area contributed by atoms with Gasteiger partial charge in [-0.3, -0.25) is 4.79 Å². The molecule has 0 unspecified atom stereocenters. The van der Waals surface area contributed by atoms with Crippen LogP contribution in [-0.4, -0.2) is 12.3 Å². The van der Waals surface area contributed by atoms with Crippen molar-refractivity contribution in [3.8, 4) is 0 Å². The summed E-state index contributed by atoms with van der Waals surface area (Å²) in [6.45, 7) is 6.44. The molecule has 0 N–H and O–H groups in total. The van der Waals surface area contributed by atoms with Gasteiger partial charge in [-0.2, -0.15) is 0 Å². The first-order valence-corrected chi connectivity index (χ1v) is 6.54. The molecule has 0 saturated carbocycles. The van der Waals surface area contributed by atoms with Crippen molar-refractivity contribution in [1.29, 1.82) is 0 Å². The molecule has 0 radical (unpaired) electrons. The van der Waals surface area contributed by atoms with E-state index in [0.29, 0.717) is 6.54 Å². The van der Waals surface area contributed by atoms with Crippen LogP contribution in [0.15, 0.2) is 40.6 Å². The van der Waals surface area contributed by atoms with Crippen molar-refractivity contribution < 1.29 is 4.79 Å². The van der Waals surface area contributed by atoms with Gasteiger partial charge in [0, 0.05) is 11.5 Å². The van der Waals surface area contributed by atoms with E-state index in [1.165, 1.54) is 0 Å². The van der Waals surface area contributed by atoms with E-state index in [1.54, 1.807) is 6.08 Å². The van der Waals surface area contributed by atoms with Gasteiger partial charge in [-0.25, -0.2) is 0 Å². The summed E-state index contributed by atoms with van der Waals surface area (Å²) in [5, 5.41) is 3.63. The van der Waals surface area contributed by atoms with Gasteiger partial charge in [-0.15, -0.1) is 0 Å². The smallest absolute Gasteiger partial charge is 0.180 e. The Morgan fingerprint density at radius 2 is 2.16 bits per heavy atom. The predicted octanol–water partition coefficient (Wildman–Crippen LogP) is 4.50. The summed E-state index contributed by atoms with van der Waals surface area (Å²) in [7, 11) is 0. The van der Waals surface area contributed by atoms with Crippen LogP contribution in [0.2, 0.25) is 0 Å². The van der Waals surface area contributed by atoms with E-state index in [1.807, 2.05) is 19.1 Å². The van der Waals surface area contributed by atoms with Crippen molar-refractivity contribution in [3.63, 3.8) is 0 Å². The first kappa shape index (κ1) is 15.3. The van der Waals surface area contributed by atoms with E-state index in [4.69, 9.17) is 5.53 Å². The van der Waals surface area contributed by atoms with Crippen LogP contribution in [0.25, 0.3) is 10.4 Å². The van der Waals surface area contributed by atoms with Crippen molar-refractivity contribution in [3.05, 3.63) is 45.9 Å². The van der Waals surface area contributed by atoms with E-state index in [9.17, 15) is 4.79 Å². The van der Waals surface area contributed by atoms with Crippen molar-refractivity contribution in [2.45, 2.75) is 40.0 Å². The molecule has 0 amide bonds. The zero-order valence-electron chi connectivity index (χ0n) is 11.9. The third-order valence-electron chi connectivity index (χ3n) is 3.24. The fraction of sp³-hybridized carbons (Fsp3) is 0.533. The molecular formula is C15H21N3O. The minimum absolute atomic E-state index is 0.0676. The Labute approximate surface area is 114 Å². The Hall–Kier alpha value is -1.80. The molecule has 0 aromatic rings. The van der Waals surface area contributed by atoms with Gasteiger partial charge in [-0.05, 0) is 48.8 Å². The van der Waals surface area contributed by atoms with Crippen LogP contribution < -0.4 is 0 Å². The molecule has 0 fully saturated rings. The molecule has 1 aliphatic carbocycles. The number of allylic oxidation sites excluding steroid dienone is 5. The predicted molar refractivity (Wildman–Crippen MR) is 77.6 cm³/mol. The highest BCUT2D eigenvalue weighted by molar-refractivity contribution is 6.03. The van der Waals surface area contributed by atoms with Crippen molar-refractivity contribution in [2.75, 3.05) is 6.54 Å². The summed E-state index contributed by atoms with van der Waals surface area (Å²) in [4.78, 5) is 14.7. The molecule has 0 atom stereocenters. The SMILES string of the molecule is C/C1=C\CC/C(CN=[N+]=[N-])=C/CC(C)(C)/C=C/C1=O. The van der Waals surface area contributed by atoms with Gasteiger partial charge in [0.2, 0.25) is 0 Å². The molecule has 1 rings (SSSR count). The molecule has 0 aromatic heterocycles. The summed E-state index contributed by atoms with van der Waals surface area (Å²) >= 11 is 0. The lowest BCUT2D eigenvalue weighted by molar-refractivity contribution is -0.111. The monoisotopic (exact) mass is 259 g/mol. The van der Waals surface area contributed by atoms with Gasteiger partial charge in [0.25, 0.3) is 0 Å². The minimum atomic E-state index is -0.0676. The van der Waals surface area contributed by atoms with Gasteiger partial charge < -0.3 is 0 Å². The highest BCUT2D eigenvalue weighted by Gasteiger charge is 2.14. The molecular weight excluding hydrogens is 238 g/mol. The zero-order chi connectivity index (χ0) is 14.3. The number of rotatable bonds is 2. The lowest BCUT2D eigenvalue weighted by atomic mass is 9.87. The third-order valence-corrected chi connectivity index (χ3v) is 3.24. The zero-order valence-corrected chi connectivity index (χ0v) is 11.9. The highest BCUT2D eigenvalue weighted by atomic mass is 16.1. The Kier molecular flexibility index (Phi) is 5.58. The fourth-order valence-electron chi connectivity index (χ4n) is 1.85. The maximum atomic E-state index is 11.8. The Morgan fingerprint density at radius 1 is 1.42 bits per heavy atom. The Balaban J connectivity index is 2.98. The van der Waals surface area contributed by atoms with Crippen LogP contribution >= 0.6 is 0 Å². The highest BCUT2D eigenvalue weighted by Crippen LogP contribution is 2.25. The van der Waals surface area contributed by atoms with Crippen LogP contribution in [-0.2, 0) is 4.79 Å². The average Bonchev–Trinajstić information content (AvgIpc) is 2.39. The number of hydrogen-bond acceptors (Lipinski definition) is 2. The molecule has 0 spiro atoms. The minimum Gasteiger partial charge on any atom is -0.290 e. The van der Waals surface area contributed by atoms with E-state index >= 15 is 0 Å². The standard InChI is InChI=1S/C15H21N3O/c1-12-5-4-6-13(11-17-18-16)7-9-15(2,3)10-8-14(12)19/h5,7-8,10H,4,6,9,11H2,1-3H3/b10-8+,12-5+,13-7-. The topological polar surface area (TPSA) is 65.8 Å². The Bertz CT molecular complexity index is 478. The maximum absolute atomic E-state index is 11.8. The van der Waals surface area contributed by atoms with E-state index < -0.39 is 0 Å². The van der Waals surface area contributed by atoms with E-state index in [2.05, 4.69) is 29.9 Å². The van der Waals surface area contributed by atoms with Gasteiger partial charge in [0.05, 0.1) is 0 Å². The van der Waals surface area contributed by atoms with Gasteiger partial charge in [0.15, 0.2) is 5.78 Å². The second kappa shape index (κ2) is 6.95. The van der Waals surface area contributed by atoms with Crippen LogP contribution in [0.1, 0.15) is 40.0 Å². The van der Waals surface area contributed by atoms with Gasteiger partial charge >= 0.3 is 0 Å². The second-order valence-electron chi connectivity index (χ2n) is 5.57. The molecule has 102 valence electrons. The van der Waals surface area contributed by atoms with Crippen LogP contribution in [0, 0.1) is 5.41 Å². The normalized spacial score (nSPS) is 27.0. The molecule has 0 aromatic carbocycles. The third kappa shape index (κ3) is 5.58. The summed E-state index contributed by atoms with van der Waals surface area (Å²) in [6, 6.07) is 0. The molecule has 0 heterocycles. The summed E-state index contributed by atoms with van der Waals surface area (Å²) in [5.74, 6) is 0.0755. The quantitative estimate of drug-likeness (QED) is 0.311. The van der Waals surface area contributed by atoms with Crippen molar-refractivity contribution in [1.82, 2.24) is 0 Å². The molecule has 4 nitrogen and oxygen atoms in total. The molecule has 0 bridgehead atoms. The molecule has 1 aliphatic rings. The number of carbonyl (C=O) groups excluding carboxylic acids is 1. The van der Waals surface area contributed by atoms with Crippen molar-refractivity contribution >= 4 is 5.78 Å². The number of hydrogen-bond donors (Lipinski definition) is 0. The number of nitrogens with zero attached hydrogens (tertiary/aromatic N) is 3.